The van der Waals surface area contributed by atoms with Gasteiger partial charge in [0.15, 0.2) is 0 Å². The predicted molar refractivity (Wildman–Crippen MR) is 58.6 cm³/mol. The number of hydrogen-bond donors (Lipinski definition) is 3. The highest BCUT2D eigenvalue weighted by atomic mass is 16.4. The van der Waals surface area contributed by atoms with Crippen molar-refractivity contribution in [3.8, 4) is 0 Å². The summed E-state index contributed by atoms with van der Waals surface area (Å²) in [6.07, 6.45) is 6.02. The van der Waals surface area contributed by atoms with E-state index in [1.54, 1.807) is 12.4 Å². The van der Waals surface area contributed by atoms with Crippen LogP contribution in [-0.4, -0.2) is 23.3 Å². The molecule has 2 heterocycles. The Hall–Kier alpha value is -2.04. The van der Waals surface area contributed by atoms with E-state index in [9.17, 15) is 9.90 Å². The van der Waals surface area contributed by atoms with E-state index in [0.29, 0.717) is 13.0 Å². The molecule has 1 atom stereocenters. The van der Waals surface area contributed by atoms with Gasteiger partial charge in [-0.3, -0.25) is 10.2 Å². The lowest BCUT2D eigenvalue weighted by atomic mass is 10.00. The molecular formula is C11H11N3O2. The molecule has 1 aliphatic carbocycles. The van der Waals surface area contributed by atoms with Crippen LogP contribution in [0, 0.1) is 5.92 Å². The van der Waals surface area contributed by atoms with Gasteiger partial charge in [-0.2, -0.15) is 5.10 Å². The topological polar surface area (TPSA) is 73.7 Å². The summed E-state index contributed by atoms with van der Waals surface area (Å²) in [6, 6.07) is 0. The molecular weight excluding hydrogens is 206 g/mol. The average Bonchev–Trinajstić information content (AvgIpc) is 2.50. The van der Waals surface area contributed by atoms with E-state index < -0.39 is 11.9 Å². The molecule has 0 bridgehead atoms. The minimum absolute atomic E-state index is 0.418. The zero-order chi connectivity index (χ0) is 11.1. The second kappa shape index (κ2) is 3.23. The van der Waals surface area contributed by atoms with Crippen LogP contribution in [-0.2, 0) is 4.79 Å². The molecule has 0 fully saturated rings. The third kappa shape index (κ3) is 1.18. The standard InChI is InChI=1S/C11H11N3O2/c15-11(16)7-3-6-4-13-14-9-1-2-12-5-8(7)10(6)9/h1-2,4,7,12-13H,3,5H2,(H,15,16). The number of aliphatic carboxylic acids is 1. The van der Waals surface area contributed by atoms with Crippen LogP contribution in [0.2, 0.25) is 0 Å². The number of hydrazone groups is 1. The lowest BCUT2D eigenvalue weighted by Gasteiger charge is -2.11. The zero-order valence-electron chi connectivity index (χ0n) is 8.53. The Labute approximate surface area is 92.2 Å². The Bertz CT molecular complexity index is 485. The van der Waals surface area contributed by atoms with Crippen LogP contribution in [0.1, 0.15) is 6.42 Å². The third-order valence-corrected chi connectivity index (χ3v) is 3.12. The smallest absolute Gasteiger partial charge is 0.311 e. The van der Waals surface area contributed by atoms with Crippen molar-refractivity contribution >= 4 is 11.7 Å². The van der Waals surface area contributed by atoms with Gasteiger partial charge in [-0.15, -0.1) is 0 Å². The molecule has 3 rings (SSSR count). The summed E-state index contributed by atoms with van der Waals surface area (Å²) in [5.41, 5.74) is 6.62. The quantitative estimate of drug-likeness (QED) is 0.592. The highest BCUT2D eigenvalue weighted by Crippen LogP contribution is 2.38. The highest BCUT2D eigenvalue weighted by molar-refractivity contribution is 6.14. The first-order chi connectivity index (χ1) is 7.77. The number of carboxylic acid groups (broad SMARTS) is 1. The first kappa shape index (κ1) is 9.21. The van der Waals surface area contributed by atoms with Crippen LogP contribution in [0.3, 0.4) is 0 Å². The number of nitrogens with zero attached hydrogens (tertiary/aromatic N) is 1. The second-order valence-electron chi connectivity index (χ2n) is 4.01. The van der Waals surface area contributed by atoms with E-state index >= 15 is 0 Å². The lowest BCUT2D eigenvalue weighted by molar-refractivity contribution is -0.140. The molecule has 5 heteroatoms. The molecule has 0 radical (unpaired) electrons. The highest BCUT2D eigenvalue weighted by Gasteiger charge is 2.37. The van der Waals surface area contributed by atoms with Gasteiger partial charge >= 0.3 is 5.97 Å². The average molecular weight is 217 g/mol. The summed E-state index contributed by atoms with van der Waals surface area (Å²) in [4.78, 5) is 11.2. The Balaban J connectivity index is 2.14. The fourth-order valence-corrected chi connectivity index (χ4v) is 2.40. The molecule has 0 spiro atoms. The number of carbonyl (C=O) groups is 1. The predicted octanol–water partition coefficient (Wildman–Crippen LogP) is 0.348. The van der Waals surface area contributed by atoms with Gasteiger partial charge in [0, 0.05) is 18.3 Å². The van der Waals surface area contributed by atoms with Gasteiger partial charge in [-0.05, 0) is 29.8 Å². The molecule has 0 amide bonds. The molecule has 0 aromatic heterocycles. The van der Waals surface area contributed by atoms with E-state index in [2.05, 4.69) is 15.8 Å². The number of allylic oxidation sites excluding steroid dienone is 3. The van der Waals surface area contributed by atoms with Gasteiger partial charge in [-0.25, -0.2) is 0 Å². The molecule has 2 aliphatic heterocycles. The Morgan fingerprint density at radius 3 is 3.25 bits per heavy atom. The van der Waals surface area contributed by atoms with Crippen LogP contribution < -0.4 is 10.7 Å². The molecule has 16 heavy (non-hydrogen) atoms. The second-order valence-corrected chi connectivity index (χ2v) is 4.01. The van der Waals surface area contributed by atoms with Crippen molar-refractivity contribution in [1.82, 2.24) is 10.7 Å². The maximum atomic E-state index is 11.2. The van der Waals surface area contributed by atoms with Gasteiger partial charge < -0.3 is 10.4 Å². The van der Waals surface area contributed by atoms with Gasteiger partial charge in [0.1, 0.15) is 0 Å². The Morgan fingerprint density at radius 1 is 1.56 bits per heavy atom. The van der Waals surface area contributed by atoms with Gasteiger partial charge in [0.2, 0.25) is 0 Å². The van der Waals surface area contributed by atoms with Gasteiger partial charge in [0.25, 0.3) is 0 Å². The van der Waals surface area contributed by atoms with Crippen molar-refractivity contribution in [3.63, 3.8) is 0 Å². The maximum absolute atomic E-state index is 11.2. The molecule has 0 aromatic carbocycles. The van der Waals surface area contributed by atoms with Gasteiger partial charge in [-0.1, -0.05) is 0 Å². The largest absolute Gasteiger partial charge is 0.481 e. The summed E-state index contributed by atoms with van der Waals surface area (Å²) in [5, 5.41) is 16.4. The molecule has 1 unspecified atom stereocenters. The maximum Gasteiger partial charge on any atom is 0.311 e. The van der Waals surface area contributed by atoms with Crippen LogP contribution in [0.15, 0.2) is 40.3 Å². The summed E-state index contributed by atoms with van der Waals surface area (Å²) in [7, 11) is 0. The van der Waals surface area contributed by atoms with Crippen molar-refractivity contribution < 1.29 is 9.90 Å². The third-order valence-electron chi connectivity index (χ3n) is 3.12. The summed E-state index contributed by atoms with van der Waals surface area (Å²) >= 11 is 0. The van der Waals surface area contributed by atoms with Crippen LogP contribution in [0.5, 0.6) is 0 Å². The normalized spacial score (nSPS) is 26.1. The molecule has 0 saturated carbocycles. The summed E-state index contributed by atoms with van der Waals surface area (Å²) < 4.78 is 0. The minimum Gasteiger partial charge on any atom is -0.481 e. The molecule has 0 aromatic rings. The number of carboxylic acids is 1. The first-order valence-electron chi connectivity index (χ1n) is 5.16. The number of nitrogens with one attached hydrogen (secondary N) is 2. The Morgan fingerprint density at radius 2 is 2.44 bits per heavy atom. The fourth-order valence-electron chi connectivity index (χ4n) is 2.40. The van der Waals surface area contributed by atoms with Crippen LogP contribution in [0.4, 0.5) is 0 Å². The Kier molecular flexibility index (Phi) is 1.86. The van der Waals surface area contributed by atoms with E-state index in [1.807, 2.05) is 6.08 Å². The van der Waals surface area contributed by atoms with Crippen molar-refractivity contribution in [3.05, 3.63) is 35.2 Å². The van der Waals surface area contributed by atoms with E-state index in [-0.39, 0.29) is 0 Å². The van der Waals surface area contributed by atoms with Crippen LogP contribution >= 0.6 is 0 Å². The molecule has 3 N–H and O–H groups in total. The monoisotopic (exact) mass is 217 g/mol. The summed E-state index contributed by atoms with van der Waals surface area (Å²) in [6.45, 7) is 0.583. The zero-order valence-corrected chi connectivity index (χ0v) is 8.53. The molecule has 5 nitrogen and oxygen atoms in total. The molecule has 0 saturated heterocycles. The first-order valence-corrected chi connectivity index (χ1v) is 5.16. The van der Waals surface area contributed by atoms with E-state index in [4.69, 9.17) is 0 Å². The van der Waals surface area contributed by atoms with E-state index in [0.717, 1.165) is 22.4 Å². The van der Waals surface area contributed by atoms with Crippen molar-refractivity contribution in [2.24, 2.45) is 11.0 Å². The SMILES string of the molecule is O=C(O)C1CC2=CNN=C3C=CNCC1=C23. The molecule has 3 aliphatic rings. The van der Waals surface area contributed by atoms with Gasteiger partial charge in [0.05, 0.1) is 11.6 Å². The van der Waals surface area contributed by atoms with Crippen molar-refractivity contribution in [1.29, 1.82) is 0 Å². The lowest BCUT2D eigenvalue weighted by Crippen LogP contribution is -2.20. The molecule has 82 valence electrons. The van der Waals surface area contributed by atoms with E-state index in [1.165, 1.54) is 0 Å². The summed E-state index contributed by atoms with van der Waals surface area (Å²) in [5.74, 6) is -1.18. The number of hydrogen-bond acceptors (Lipinski definition) is 4. The fraction of sp³-hybridized carbons (Fsp3) is 0.273. The minimum atomic E-state index is -0.763. The number of rotatable bonds is 1. The van der Waals surface area contributed by atoms with Crippen molar-refractivity contribution in [2.75, 3.05) is 6.54 Å². The van der Waals surface area contributed by atoms with Crippen molar-refractivity contribution in [2.45, 2.75) is 6.42 Å². The van der Waals surface area contributed by atoms with Crippen LogP contribution in [0.25, 0.3) is 0 Å².